The molecule has 0 saturated heterocycles. The minimum atomic E-state index is -1.62. The van der Waals surface area contributed by atoms with Gasteiger partial charge in [0.25, 0.3) is 0 Å². The molecule has 0 aliphatic carbocycles. The molecular weight excluding hydrogens is 1050 g/mol. The van der Waals surface area contributed by atoms with Crippen molar-refractivity contribution < 1.29 is 42.9 Å². The van der Waals surface area contributed by atoms with Crippen molar-refractivity contribution in [3.63, 3.8) is 0 Å². The highest BCUT2D eigenvalue weighted by atomic mass is 16.7. The highest BCUT2D eigenvalue weighted by Crippen LogP contribution is 2.19. The van der Waals surface area contributed by atoms with Gasteiger partial charge in [0.1, 0.15) is 13.2 Å². The SMILES string of the molecule is CCCCCCC/C=C\C/C=C\CCCCCCCCCCCCCCCCCCCCCCCCCCCCCC(=O)OC(COC(=O)CCCCCCCCCCCCCCCCCCCCCCC)COC(OCC[N+](C)(C)C)C(=O)[O-]. The fourth-order valence-electron chi connectivity index (χ4n) is 11.5. The highest BCUT2D eigenvalue weighted by Gasteiger charge is 2.22. The van der Waals surface area contributed by atoms with E-state index < -0.39 is 24.3 Å². The summed E-state index contributed by atoms with van der Waals surface area (Å²) in [7, 11) is 5.95. The first kappa shape index (κ1) is 82.8. The van der Waals surface area contributed by atoms with Gasteiger partial charge in [-0.25, -0.2) is 0 Å². The van der Waals surface area contributed by atoms with Gasteiger partial charge in [-0.1, -0.05) is 353 Å². The van der Waals surface area contributed by atoms with Crippen LogP contribution in [0.25, 0.3) is 0 Å². The maximum atomic E-state index is 12.9. The number of likely N-dealkylation sites (N-methyl/N-ethyl adjacent to an activating group) is 1. The van der Waals surface area contributed by atoms with Crippen molar-refractivity contribution in [2.45, 2.75) is 399 Å². The number of aliphatic carboxylic acids is 1. The second kappa shape index (κ2) is 67.7. The van der Waals surface area contributed by atoms with Gasteiger partial charge < -0.3 is 33.3 Å². The van der Waals surface area contributed by atoms with E-state index in [1.807, 2.05) is 21.1 Å². The lowest BCUT2D eigenvalue weighted by molar-refractivity contribution is -0.870. The number of quaternary nitrogens is 1. The fourth-order valence-corrected chi connectivity index (χ4v) is 11.5. The molecule has 9 heteroatoms. The van der Waals surface area contributed by atoms with Crippen molar-refractivity contribution in [2.24, 2.45) is 0 Å². The number of rotatable bonds is 71. The zero-order valence-corrected chi connectivity index (χ0v) is 57.5. The van der Waals surface area contributed by atoms with Crippen LogP contribution in [0.1, 0.15) is 386 Å². The summed E-state index contributed by atoms with van der Waals surface area (Å²) >= 11 is 0. The molecule has 85 heavy (non-hydrogen) atoms. The zero-order chi connectivity index (χ0) is 61.9. The summed E-state index contributed by atoms with van der Waals surface area (Å²) in [6, 6.07) is 0. The van der Waals surface area contributed by atoms with Crippen molar-refractivity contribution in [3.05, 3.63) is 24.3 Å². The number of hydrogen-bond acceptors (Lipinski definition) is 8. The van der Waals surface area contributed by atoms with Crippen LogP contribution in [0.5, 0.6) is 0 Å². The number of allylic oxidation sites excluding steroid dienone is 4. The molecule has 2 unspecified atom stereocenters. The fraction of sp³-hybridized carbons (Fsp3) is 0.908. The van der Waals surface area contributed by atoms with Crippen LogP contribution in [-0.2, 0) is 33.3 Å². The normalized spacial score (nSPS) is 12.7. The third kappa shape index (κ3) is 69.1. The van der Waals surface area contributed by atoms with E-state index in [0.29, 0.717) is 17.4 Å². The smallest absolute Gasteiger partial charge is 0.306 e. The minimum absolute atomic E-state index is 0.152. The molecule has 0 spiro atoms. The molecule has 0 bridgehead atoms. The molecule has 0 aromatic rings. The van der Waals surface area contributed by atoms with Gasteiger partial charge in [-0.05, 0) is 44.9 Å². The molecule has 0 aromatic heterocycles. The average molecular weight is 1200 g/mol. The minimum Gasteiger partial charge on any atom is -0.545 e. The Bertz CT molecular complexity index is 1440. The summed E-state index contributed by atoms with van der Waals surface area (Å²) in [5.74, 6) is -2.25. The van der Waals surface area contributed by atoms with Gasteiger partial charge in [-0.15, -0.1) is 0 Å². The van der Waals surface area contributed by atoms with Crippen LogP contribution in [0.4, 0.5) is 0 Å². The van der Waals surface area contributed by atoms with Crippen molar-refractivity contribution in [1.29, 1.82) is 0 Å². The van der Waals surface area contributed by atoms with E-state index in [2.05, 4.69) is 38.2 Å². The molecule has 0 radical (unpaired) electrons. The second-order valence-corrected chi connectivity index (χ2v) is 27.0. The van der Waals surface area contributed by atoms with Gasteiger partial charge in [0.05, 0.1) is 40.3 Å². The van der Waals surface area contributed by atoms with Crippen molar-refractivity contribution in [2.75, 3.05) is 47.5 Å². The Labute approximate surface area is 528 Å². The summed E-state index contributed by atoms with van der Waals surface area (Å²) in [6.45, 7) is 4.82. The van der Waals surface area contributed by atoms with E-state index in [4.69, 9.17) is 18.9 Å². The monoisotopic (exact) mass is 1200 g/mol. The van der Waals surface area contributed by atoms with Crippen LogP contribution in [0, 0.1) is 0 Å². The third-order valence-electron chi connectivity index (χ3n) is 17.2. The molecule has 2 atom stereocenters. The van der Waals surface area contributed by atoms with Gasteiger partial charge >= 0.3 is 11.9 Å². The van der Waals surface area contributed by atoms with E-state index in [9.17, 15) is 19.5 Å². The number of unbranched alkanes of at least 4 members (excludes halogenated alkanes) is 52. The topological polar surface area (TPSA) is 111 Å². The summed E-state index contributed by atoms with van der Waals surface area (Å²) in [5, 5.41) is 11.8. The molecule has 0 N–H and O–H groups in total. The van der Waals surface area contributed by atoms with Crippen molar-refractivity contribution >= 4 is 17.9 Å². The molecule has 0 heterocycles. The number of carboxylic acids is 1. The van der Waals surface area contributed by atoms with Crippen molar-refractivity contribution in [3.8, 4) is 0 Å². The number of esters is 2. The maximum Gasteiger partial charge on any atom is 0.306 e. The van der Waals surface area contributed by atoms with Crippen LogP contribution < -0.4 is 5.11 Å². The standard InChI is InChI=1S/C76H145NO8/c1-6-8-10-12-14-16-18-20-22-24-26-28-29-30-31-32-33-34-35-36-37-38-39-40-41-42-43-44-45-47-49-51-53-55-57-59-61-63-65-67-74(79)85-72(71-84-76(75(80)81)82-69-68-77(3,4)5)70-83-73(78)66-64-62-60-58-56-54-52-50-48-46-27-25-23-21-19-17-15-13-11-9-7-2/h18,20,24,26,72,76H,6-17,19,21-23,25,27-71H2,1-5H3/b20-18-,26-24-. The van der Waals surface area contributed by atoms with Crippen molar-refractivity contribution in [1.82, 2.24) is 0 Å². The van der Waals surface area contributed by atoms with Crippen LogP contribution in [0.2, 0.25) is 0 Å². The molecule has 0 aliphatic heterocycles. The maximum absolute atomic E-state index is 12.9. The van der Waals surface area contributed by atoms with Gasteiger partial charge in [-0.3, -0.25) is 9.59 Å². The summed E-state index contributed by atoms with van der Waals surface area (Å²) in [4.78, 5) is 37.5. The Kier molecular flexibility index (Phi) is 65.9. The molecule has 0 rings (SSSR count). The molecule has 0 amide bonds. The first-order chi connectivity index (χ1) is 41.6. The summed E-state index contributed by atoms with van der Waals surface area (Å²) < 4.78 is 22.8. The van der Waals surface area contributed by atoms with Gasteiger partial charge in [0, 0.05) is 12.8 Å². The molecular formula is C76H145NO8. The number of nitrogens with zero attached hydrogens (tertiary/aromatic N) is 1. The second-order valence-electron chi connectivity index (χ2n) is 27.0. The third-order valence-corrected chi connectivity index (χ3v) is 17.2. The Morgan fingerprint density at radius 2 is 0.635 bits per heavy atom. The van der Waals surface area contributed by atoms with Gasteiger partial charge in [-0.2, -0.15) is 0 Å². The molecule has 502 valence electrons. The van der Waals surface area contributed by atoms with E-state index in [-0.39, 0.29) is 32.2 Å². The van der Waals surface area contributed by atoms with Gasteiger partial charge in [0.2, 0.25) is 0 Å². The lowest BCUT2D eigenvalue weighted by Gasteiger charge is -2.26. The number of carbonyl (C=O) groups is 3. The predicted molar refractivity (Wildman–Crippen MR) is 362 cm³/mol. The Morgan fingerprint density at radius 3 is 0.929 bits per heavy atom. The number of ether oxygens (including phenoxy) is 4. The molecule has 0 fully saturated rings. The number of carbonyl (C=O) groups excluding carboxylic acids is 3. The summed E-state index contributed by atoms with van der Waals surface area (Å²) in [6.07, 6.45) is 81.5. The van der Waals surface area contributed by atoms with E-state index in [1.165, 1.54) is 315 Å². The Balaban J connectivity index is 3.94. The van der Waals surface area contributed by atoms with E-state index >= 15 is 0 Å². The zero-order valence-electron chi connectivity index (χ0n) is 57.5. The van der Waals surface area contributed by atoms with Crippen LogP contribution in [-0.4, -0.2) is 82.3 Å². The van der Waals surface area contributed by atoms with E-state index in [1.54, 1.807) is 0 Å². The van der Waals surface area contributed by atoms with Crippen LogP contribution in [0.15, 0.2) is 24.3 Å². The lowest BCUT2D eigenvalue weighted by atomic mass is 10.0. The van der Waals surface area contributed by atoms with E-state index in [0.717, 1.165) is 44.9 Å². The first-order valence-corrected chi connectivity index (χ1v) is 37.5. The predicted octanol–water partition coefficient (Wildman–Crippen LogP) is 22.0. The largest absolute Gasteiger partial charge is 0.545 e. The Hall–Kier alpha value is -2.23. The van der Waals surface area contributed by atoms with Gasteiger partial charge in [0.15, 0.2) is 12.4 Å². The number of hydrogen-bond donors (Lipinski definition) is 0. The first-order valence-electron chi connectivity index (χ1n) is 37.5. The highest BCUT2D eigenvalue weighted by molar-refractivity contribution is 5.70. The number of carboxylic acid groups (broad SMARTS) is 1. The lowest BCUT2D eigenvalue weighted by Crippen LogP contribution is -2.44. The summed E-state index contributed by atoms with van der Waals surface area (Å²) in [5.41, 5.74) is 0. The molecule has 0 aliphatic rings. The quantitative estimate of drug-likeness (QED) is 0.0195. The molecule has 9 nitrogen and oxygen atoms in total. The van der Waals surface area contributed by atoms with Crippen LogP contribution in [0.3, 0.4) is 0 Å². The molecule has 0 aromatic carbocycles. The average Bonchev–Trinajstić information content (AvgIpc) is 3.49. The van der Waals surface area contributed by atoms with Crippen LogP contribution >= 0.6 is 0 Å². The Morgan fingerprint density at radius 1 is 0.353 bits per heavy atom. The molecule has 0 saturated carbocycles.